The van der Waals surface area contributed by atoms with Crippen molar-refractivity contribution in [1.82, 2.24) is 0 Å². The molecular weight excluding hydrogens is 1020 g/mol. The van der Waals surface area contributed by atoms with Crippen LogP contribution in [0.2, 0.25) is 0 Å². The van der Waals surface area contributed by atoms with Crippen LogP contribution in [0.15, 0.2) is 12.1 Å². The van der Waals surface area contributed by atoms with Gasteiger partial charge in [0.05, 0.1) is 71.5 Å². The van der Waals surface area contributed by atoms with Crippen LogP contribution in [0.5, 0.6) is 17.2 Å². The second-order valence-corrected chi connectivity index (χ2v) is 22.9. The summed E-state index contributed by atoms with van der Waals surface area (Å²) in [7, 11) is 1.21. The average molecular weight is 1110 g/mol. The van der Waals surface area contributed by atoms with Crippen LogP contribution in [0, 0.1) is 24.7 Å². The second-order valence-electron chi connectivity index (χ2n) is 22.9. The molecule has 8 rings (SSSR count). The minimum Gasteiger partial charge on any atom is -0.507 e. The number of hydrogen-bond donors (Lipinski definition) is 7. The number of ketones is 2. The Kier molecular flexibility index (Phi) is 18.9. The third-order valence-corrected chi connectivity index (χ3v) is 17.1. The fraction of sp³-hybridized carbons (Fsp3) is 0.768. The second kappa shape index (κ2) is 24.4. The molecule has 2 aromatic carbocycles. The number of hydrogen-bond acceptors (Lipinski definition) is 22. The van der Waals surface area contributed by atoms with Gasteiger partial charge in [-0.3, -0.25) is 14.4 Å². The molecule has 2 aromatic rings. The molecule has 78 heavy (non-hydrogen) atoms. The molecule has 5 saturated heterocycles. The molecule has 5 aliphatic heterocycles. The van der Waals surface area contributed by atoms with Crippen LogP contribution in [0.1, 0.15) is 129 Å². The summed E-state index contributed by atoms with van der Waals surface area (Å²) in [5, 5.41) is 79.6. The smallest absolute Gasteiger partial charge is 0.302 e. The molecule has 1 aliphatic carbocycles. The van der Waals surface area contributed by atoms with Crippen molar-refractivity contribution in [2.24, 2.45) is 17.8 Å². The van der Waals surface area contributed by atoms with Gasteiger partial charge in [0.25, 0.3) is 0 Å². The Hall–Kier alpha value is -3.69. The first-order chi connectivity index (χ1) is 36.6. The van der Waals surface area contributed by atoms with Crippen molar-refractivity contribution in [3.8, 4) is 17.2 Å². The van der Waals surface area contributed by atoms with Gasteiger partial charge < -0.3 is 92.6 Å². The number of aromatic hydroxyl groups is 2. The van der Waals surface area contributed by atoms with Crippen LogP contribution in [0.25, 0.3) is 10.8 Å². The Balaban J connectivity index is 1.06. The Labute approximate surface area is 454 Å². The van der Waals surface area contributed by atoms with E-state index in [-0.39, 0.29) is 107 Å². The number of carbonyl (C=O) groups excluding carboxylic acids is 3. The van der Waals surface area contributed by atoms with Gasteiger partial charge >= 0.3 is 5.97 Å². The quantitative estimate of drug-likeness (QED) is 0.117. The van der Waals surface area contributed by atoms with E-state index in [9.17, 15) is 45.3 Å². The average Bonchev–Trinajstić information content (AvgIpc) is 3.54. The first-order valence-electron chi connectivity index (χ1n) is 27.4. The predicted octanol–water partition coefficient (Wildman–Crippen LogP) is 3.90. The maximum absolute atomic E-state index is 15.2. The van der Waals surface area contributed by atoms with Gasteiger partial charge in [0, 0.05) is 69.5 Å². The molecule has 5 fully saturated rings. The van der Waals surface area contributed by atoms with Gasteiger partial charge in [-0.2, -0.15) is 0 Å². The highest BCUT2D eigenvalue weighted by molar-refractivity contribution is 6.11. The van der Waals surface area contributed by atoms with Crippen molar-refractivity contribution in [2.45, 2.75) is 250 Å². The lowest BCUT2D eigenvalue weighted by Gasteiger charge is -2.46. The minimum absolute atomic E-state index is 0.00462. The summed E-state index contributed by atoms with van der Waals surface area (Å²) in [6, 6.07) is 3.18. The SMILES string of the molecule is CO[C@H](C(=O)[C@@H](O)[C@@H](C)OC(C)=O)[C@@H]1Cc2cc3cc(O[C@H]4C[C@@H](O[C@H]5C[C@@H](O)CC(C)O5)[C@@H](C)C(C)O4)c(C)c(O)c3c(O)c2C(=O)[C@H]1O[C@H]1C[C@@H](O[C@H]2C[C@@H](O[C@H]3C[C@@](C)(O)[C@@H](C)C(C)O3)[C@H](O)C(C)O2)[C@H](O)C(C)O1. The molecule has 438 valence electrons. The number of phenols is 2. The lowest BCUT2D eigenvalue weighted by atomic mass is 9.75. The van der Waals surface area contributed by atoms with E-state index in [0.29, 0.717) is 12.8 Å². The molecule has 22 heteroatoms. The van der Waals surface area contributed by atoms with Gasteiger partial charge in [-0.05, 0) is 91.3 Å². The number of methoxy groups -OCH3 is 1. The van der Waals surface area contributed by atoms with Crippen LogP contribution >= 0.6 is 0 Å². The van der Waals surface area contributed by atoms with E-state index in [0.717, 1.165) is 6.92 Å². The summed E-state index contributed by atoms with van der Waals surface area (Å²) in [5.74, 6) is -4.74. The highest BCUT2D eigenvalue weighted by atomic mass is 16.7. The molecule has 0 spiro atoms. The van der Waals surface area contributed by atoms with Crippen molar-refractivity contribution >= 4 is 28.3 Å². The number of esters is 1. The van der Waals surface area contributed by atoms with Crippen molar-refractivity contribution < 1.29 is 107 Å². The summed E-state index contributed by atoms with van der Waals surface area (Å²) in [5.41, 5.74) is -0.848. The number of fused-ring (bicyclic) bond motifs is 2. The third-order valence-electron chi connectivity index (χ3n) is 17.1. The molecule has 0 aromatic heterocycles. The van der Waals surface area contributed by atoms with Crippen LogP contribution in [-0.4, -0.2) is 189 Å². The van der Waals surface area contributed by atoms with Gasteiger partial charge in [0.15, 0.2) is 42.8 Å². The first-order valence-corrected chi connectivity index (χ1v) is 27.4. The monoisotopic (exact) mass is 1110 g/mol. The lowest BCUT2D eigenvalue weighted by molar-refractivity contribution is -0.331. The fourth-order valence-electron chi connectivity index (χ4n) is 12.0. The summed E-state index contributed by atoms with van der Waals surface area (Å²) < 4.78 is 73.5. The van der Waals surface area contributed by atoms with Gasteiger partial charge in [-0.1, -0.05) is 13.8 Å². The highest BCUT2D eigenvalue weighted by Gasteiger charge is 2.51. The summed E-state index contributed by atoms with van der Waals surface area (Å²) >= 11 is 0. The molecule has 5 unspecified atom stereocenters. The van der Waals surface area contributed by atoms with Crippen molar-refractivity contribution in [1.29, 1.82) is 0 Å². The number of Topliss-reactive ketones (excluding diaryl/α,β-unsaturated/α-hetero) is 2. The number of rotatable bonds is 16. The van der Waals surface area contributed by atoms with E-state index in [2.05, 4.69) is 0 Å². The zero-order chi connectivity index (χ0) is 57.0. The van der Waals surface area contributed by atoms with Crippen molar-refractivity contribution in [2.75, 3.05) is 7.11 Å². The van der Waals surface area contributed by atoms with E-state index < -0.39 is 133 Å². The zero-order valence-corrected chi connectivity index (χ0v) is 46.6. The Bertz CT molecular complexity index is 2440. The van der Waals surface area contributed by atoms with Gasteiger partial charge in [0.1, 0.15) is 47.8 Å². The summed E-state index contributed by atoms with van der Waals surface area (Å²) in [6.45, 7) is 18.5. The van der Waals surface area contributed by atoms with Crippen molar-refractivity contribution in [3.05, 3.63) is 28.8 Å². The first kappa shape index (κ1) is 60.4. The number of aliphatic hydroxyl groups is 5. The molecule has 0 saturated carbocycles. The Morgan fingerprint density at radius 1 is 0.731 bits per heavy atom. The largest absolute Gasteiger partial charge is 0.507 e. The summed E-state index contributed by atoms with van der Waals surface area (Å²) in [4.78, 5) is 41.4. The molecule has 0 amide bonds. The van der Waals surface area contributed by atoms with Gasteiger partial charge in [-0.25, -0.2) is 0 Å². The third kappa shape index (κ3) is 12.8. The Morgan fingerprint density at radius 3 is 1.90 bits per heavy atom. The standard InChI is InChI=1S/C56H82O22/c1-22-13-34(58)17-40(68-22)75-37-18-41(70-26(5)23(37)2)74-36-16-33-14-32-15-35(54(67-12)53(65)50(62)30(9)69-31(10)57)55(52(64)46(32)51(63)45(33)47(59)24(36)3)78-43-20-38(48(60)29(8)73-43)76-42-19-39(49(61)28(7)72-42)77-44-21-56(11,66)25(4)27(6)71-44/h14,16,22-23,25-30,34-35,37-44,48-50,54-55,58-63,66H,13,15,17-21H2,1-12H3/t22?,23-,25-,26?,27?,28?,29?,30+,34-,35-,37+,38+,39+,40-,41-,42-,43-,44-,48+,49+,50-,54-,55-,56+/m0/s1. The highest BCUT2D eigenvalue weighted by Crippen LogP contribution is 2.48. The predicted molar refractivity (Wildman–Crippen MR) is 273 cm³/mol. The maximum atomic E-state index is 15.2. The number of carbonyl (C=O) groups is 3. The lowest BCUT2D eigenvalue weighted by Crippen LogP contribution is -2.57. The van der Waals surface area contributed by atoms with Crippen LogP contribution in [-0.2, 0) is 68.1 Å². The van der Waals surface area contributed by atoms with E-state index >= 15 is 4.79 Å². The summed E-state index contributed by atoms with van der Waals surface area (Å²) in [6.07, 6.45) is -18.0. The number of benzene rings is 2. The van der Waals surface area contributed by atoms with E-state index in [1.165, 1.54) is 14.0 Å². The van der Waals surface area contributed by atoms with Crippen molar-refractivity contribution in [3.63, 3.8) is 0 Å². The topological polar surface area (TPSA) is 304 Å². The molecule has 22 nitrogen and oxygen atoms in total. The van der Waals surface area contributed by atoms with Crippen LogP contribution < -0.4 is 4.74 Å². The van der Waals surface area contributed by atoms with Gasteiger partial charge in [-0.15, -0.1) is 0 Å². The van der Waals surface area contributed by atoms with E-state index in [1.54, 1.807) is 39.8 Å². The molecule has 6 aliphatic rings. The Morgan fingerprint density at radius 2 is 1.29 bits per heavy atom. The zero-order valence-electron chi connectivity index (χ0n) is 46.6. The van der Waals surface area contributed by atoms with Crippen LogP contribution in [0.3, 0.4) is 0 Å². The van der Waals surface area contributed by atoms with E-state index in [1.807, 2.05) is 34.6 Å². The molecule has 0 bridgehead atoms. The normalized spacial score (nSPS) is 40.7. The molecule has 24 atom stereocenters. The van der Waals surface area contributed by atoms with Gasteiger partial charge in [0.2, 0.25) is 6.29 Å². The number of aliphatic hydroxyl groups excluding tert-OH is 4. The molecule has 7 N–H and O–H groups in total. The van der Waals surface area contributed by atoms with Crippen LogP contribution in [0.4, 0.5) is 0 Å². The molecule has 0 radical (unpaired) electrons. The number of phenolic OH excluding ortho intramolecular Hbond substituents is 2. The molecular formula is C56H82O22. The molecule has 5 heterocycles. The number of ether oxygens (including phenoxy) is 12. The minimum atomic E-state index is -1.91. The maximum Gasteiger partial charge on any atom is 0.302 e. The van der Waals surface area contributed by atoms with E-state index in [4.69, 9.17) is 56.8 Å². The fourth-order valence-corrected chi connectivity index (χ4v) is 12.0.